The fourth-order valence-corrected chi connectivity index (χ4v) is 3.12. The lowest BCUT2D eigenvalue weighted by molar-refractivity contribution is -0.122. The van der Waals surface area contributed by atoms with Crippen molar-refractivity contribution in [3.63, 3.8) is 0 Å². The second kappa shape index (κ2) is 6.98. The molecule has 1 heterocycles. The number of nitrogens with zero attached hydrogens (tertiary/aromatic N) is 1. The number of aliphatic imine (C=N–C) groups is 1. The molecule has 21 heavy (non-hydrogen) atoms. The Morgan fingerprint density at radius 2 is 2.05 bits per heavy atom. The van der Waals surface area contributed by atoms with E-state index in [-0.39, 0.29) is 11.4 Å². The topological polar surface area (TPSA) is 53.5 Å². The van der Waals surface area contributed by atoms with Gasteiger partial charge in [-0.1, -0.05) is 42.1 Å². The monoisotopic (exact) mass is 305 g/mol. The van der Waals surface area contributed by atoms with Gasteiger partial charge >= 0.3 is 0 Å². The van der Waals surface area contributed by atoms with Gasteiger partial charge in [0.05, 0.1) is 11.8 Å². The molecule has 1 aliphatic rings. The maximum atomic E-state index is 11.7. The Kier molecular flexibility index (Phi) is 5.28. The van der Waals surface area contributed by atoms with Crippen LogP contribution in [0, 0.1) is 0 Å². The highest BCUT2D eigenvalue weighted by Crippen LogP contribution is 2.33. The maximum Gasteiger partial charge on any atom is 0.222 e. The summed E-state index contributed by atoms with van der Waals surface area (Å²) in [6.45, 7) is 7.37. The standard InChI is InChI=1S/C16H23N3OS/c1-16(2,3)19-14(20)9-10-17-15-18-11-13(21-15)12-7-5-4-6-8-12/h4-8,13H,9-11H2,1-3H3,(H,17,18)(H,19,20). The van der Waals surface area contributed by atoms with E-state index >= 15 is 0 Å². The summed E-state index contributed by atoms with van der Waals surface area (Å²) in [5, 5.41) is 7.53. The lowest BCUT2D eigenvalue weighted by Crippen LogP contribution is -2.41. The zero-order valence-corrected chi connectivity index (χ0v) is 13.7. The van der Waals surface area contributed by atoms with Crippen LogP contribution in [0.5, 0.6) is 0 Å². The van der Waals surface area contributed by atoms with E-state index < -0.39 is 0 Å². The van der Waals surface area contributed by atoms with Crippen molar-refractivity contribution in [1.82, 2.24) is 10.6 Å². The van der Waals surface area contributed by atoms with Crippen LogP contribution < -0.4 is 10.6 Å². The molecule has 4 nitrogen and oxygen atoms in total. The van der Waals surface area contributed by atoms with Gasteiger partial charge in [-0.2, -0.15) is 0 Å². The first kappa shape index (κ1) is 15.9. The molecular formula is C16H23N3OS. The van der Waals surface area contributed by atoms with Crippen LogP contribution in [0.1, 0.15) is 38.0 Å². The number of thioether (sulfide) groups is 1. The van der Waals surface area contributed by atoms with Crippen molar-refractivity contribution >= 4 is 22.8 Å². The molecular weight excluding hydrogens is 282 g/mol. The van der Waals surface area contributed by atoms with Crippen molar-refractivity contribution in [2.75, 3.05) is 13.1 Å². The van der Waals surface area contributed by atoms with Crippen LogP contribution in [0.15, 0.2) is 35.3 Å². The molecule has 1 atom stereocenters. The van der Waals surface area contributed by atoms with Crippen molar-refractivity contribution in [2.45, 2.75) is 38.0 Å². The highest BCUT2D eigenvalue weighted by atomic mass is 32.2. The molecule has 5 heteroatoms. The summed E-state index contributed by atoms with van der Waals surface area (Å²) in [6.07, 6.45) is 0.465. The molecule has 1 amide bonds. The average molecular weight is 305 g/mol. The molecule has 1 aromatic rings. The van der Waals surface area contributed by atoms with E-state index in [1.165, 1.54) is 5.56 Å². The second-order valence-electron chi connectivity index (χ2n) is 6.14. The Morgan fingerprint density at radius 3 is 2.71 bits per heavy atom. The van der Waals surface area contributed by atoms with Crippen molar-refractivity contribution in [2.24, 2.45) is 4.99 Å². The summed E-state index contributed by atoms with van der Waals surface area (Å²) in [6, 6.07) is 10.4. The zero-order chi connectivity index (χ0) is 15.3. The largest absolute Gasteiger partial charge is 0.364 e. The number of hydrogen-bond donors (Lipinski definition) is 2. The smallest absolute Gasteiger partial charge is 0.222 e. The van der Waals surface area contributed by atoms with E-state index in [0.717, 1.165) is 11.7 Å². The lowest BCUT2D eigenvalue weighted by Gasteiger charge is -2.20. The SMILES string of the molecule is CC(C)(C)NC(=O)CCNC1=NCC(c2ccccc2)S1. The predicted octanol–water partition coefficient (Wildman–Crippen LogP) is 2.72. The number of rotatable bonds is 4. The molecule has 0 spiro atoms. The molecule has 1 unspecified atom stereocenters. The van der Waals surface area contributed by atoms with Crippen molar-refractivity contribution < 1.29 is 4.79 Å². The van der Waals surface area contributed by atoms with Crippen LogP contribution in [0.4, 0.5) is 0 Å². The van der Waals surface area contributed by atoms with Gasteiger partial charge in [-0.05, 0) is 26.3 Å². The molecule has 0 bridgehead atoms. The van der Waals surface area contributed by atoms with Gasteiger partial charge in [0.2, 0.25) is 5.91 Å². The minimum Gasteiger partial charge on any atom is -0.364 e. The second-order valence-corrected chi connectivity index (χ2v) is 7.33. The third-order valence-corrected chi connectivity index (χ3v) is 4.17. The summed E-state index contributed by atoms with van der Waals surface area (Å²) < 4.78 is 0. The van der Waals surface area contributed by atoms with Gasteiger partial charge in [-0.3, -0.25) is 9.79 Å². The number of carbonyl (C=O) groups is 1. The predicted molar refractivity (Wildman–Crippen MR) is 89.6 cm³/mol. The summed E-state index contributed by atoms with van der Waals surface area (Å²) in [7, 11) is 0. The summed E-state index contributed by atoms with van der Waals surface area (Å²) in [4.78, 5) is 16.2. The highest BCUT2D eigenvalue weighted by molar-refractivity contribution is 8.14. The molecule has 0 saturated heterocycles. The third kappa shape index (κ3) is 5.42. The van der Waals surface area contributed by atoms with E-state index in [1.54, 1.807) is 11.8 Å². The molecule has 2 N–H and O–H groups in total. The Balaban J connectivity index is 1.70. The molecule has 2 rings (SSSR count). The van der Waals surface area contributed by atoms with Gasteiger partial charge in [0.15, 0.2) is 5.17 Å². The van der Waals surface area contributed by atoms with Crippen LogP contribution >= 0.6 is 11.8 Å². The molecule has 1 aliphatic heterocycles. The van der Waals surface area contributed by atoms with Crippen LogP contribution in [-0.4, -0.2) is 29.7 Å². The van der Waals surface area contributed by atoms with Gasteiger partial charge in [0.1, 0.15) is 0 Å². The fraction of sp³-hybridized carbons (Fsp3) is 0.500. The summed E-state index contributed by atoms with van der Waals surface area (Å²) in [5.74, 6) is 0.0678. The van der Waals surface area contributed by atoms with Crippen LogP contribution in [0.2, 0.25) is 0 Å². The van der Waals surface area contributed by atoms with Crippen molar-refractivity contribution in [3.8, 4) is 0 Å². The normalized spacial score (nSPS) is 18.2. The number of benzene rings is 1. The Hall–Kier alpha value is -1.49. The van der Waals surface area contributed by atoms with Gasteiger partial charge in [-0.25, -0.2) is 0 Å². The van der Waals surface area contributed by atoms with Crippen LogP contribution in [0.3, 0.4) is 0 Å². The molecule has 0 aromatic heterocycles. The quantitative estimate of drug-likeness (QED) is 0.899. The third-order valence-electron chi connectivity index (χ3n) is 2.97. The van der Waals surface area contributed by atoms with Crippen molar-refractivity contribution in [1.29, 1.82) is 0 Å². The van der Waals surface area contributed by atoms with Crippen LogP contribution in [-0.2, 0) is 4.79 Å². The van der Waals surface area contributed by atoms with E-state index in [1.807, 2.05) is 26.8 Å². The molecule has 0 aliphatic carbocycles. The van der Waals surface area contributed by atoms with Crippen LogP contribution in [0.25, 0.3) is 0 Å². The summed E-state index contributed by atoms with van der Waals surface area (Å²) in [5.41, 5.74) is 1.13. The minimum atomic E-state index is -0.172. The van der Waals surface area contributed by atoms with E-state index in [2.05, 4.69) is 39.9 Å². The number of carbonyl (C=O) groups excluding carboxylic acids is 1. The number of amides is 1. The number of nitrogens with one attached hydrogen (secondary N) is 2. The van der Waals surface area contributed by atoms with Gasteiger partial charge in [-0.15, -0.1) is 0 Å². The zero-order valence-electron chi connectivity index (χ0n) is 12.8. The lowest BCUT2D eigenvalue weighted by atomic mass is 10.1. The summed E-state index contributed by atoms with van der Waals surface area (Å²) >= 11 is 1.74. The fourth-order valence-electron chi connectivity index (χ4n) is 2.08. The molecule has 0 saturated carbocycles. The van der Waals surface area contributed by atoms with Gasteiger partial charge in [0, 0.05) is 18.5 Å². The van der Waals surface area contributed by atoms with E-state index in [0.29, 0.717) is 18.2 Å². The Labute approximate surface area is 130 Å². The van der Waals surface area contributed by atoms with Gasteiger partial charge < -0.3 is 10.6 Å². The van der Waals surface area contributed by atoms with E-state index in [4.69, 9.17) is 0 Å². The Bertz CT molecular complexity index is 508. The van der Waals surface area contributed by atoms with E-state index in [9.17, 15) is 4.79 Å². The minimum absolute atomic E-state index is 0.0678. The molecule has 0 radical (unpaired) electrons. The first-order valence-corrected chi connectivity index (χ1v) is 8.13. The molecule has 0 fully saturated rings. The van der Waals surface area contributed by atoms with Gasteiger partial charge in [0.25, 0.3) is 0 Å². The molecule has 1 aromatic carbocycles. The molecule has 114 valence electrons. The average Bonchev–Trinajstić information content (AvgIpc) is 2.86. The first-order chi connectivity index (χ1) is 9.94. The van der Waals surface area contributed by atoms with Crippen molar-refractivity contribution in [3.05, 3.63) is 35.9 Å². The number of hydrogen-bond acceptors (Lipinski definition) is 4. The number of amidine groups is 1. The highest BCUT2D eigenvalue weighted by Gasteiger charge is 2.21. The first-order valence-electron chi connectivity index (χ1n) is 7.25. The Morgan fingerprint density at radius 1 is 1.33 bits per heavy atom. The maximum absolute atomic E-state index is 11.7.